The number of phenols is 1. The van der Waals surface area contributed by atoms with Crippen LogP contribution >= 0.6 is 0 Å². The third-order valence-corrected chi connectivity index (χ3v) is 2.70. The Balaban J connectivity index is 2.44. The molecule has 0 aliphatic carbocycles. The van der Waals surface area contributed by atoms with Crippen LogP contribution in [0.4, 0.5) is 11.5 Å². The molecule has 0 radical (unpaired) electrons. The van der Waals surface area contributed by atoms with Crippen LogP contribution in [0.5, 0.6) is 5.75 Å². The molecular weight excluding hydrogens is 252 g/mol. The van der Waals surface area contributed by atoms with Gasteiger partial charge in [-0.2, -0.15) is 0 Å². The zero-order valence-electron chi connectivity index (χ0n) is 9.75. The van der Waals surface area contributed by atoms with Crippen molar-refractivity contribution >= 4 is 17.5 Å². The van der Waals surface area contributed by atoms with E-state index in [-0.39, 0.29) is 29.2 Å². The van der Waals surface area contributed by atoms with Gasteiger partial charge in [-0.1, -0.05) is 12.1 Å². The Labute approximate surface area is 106 Å². The van der Waals surface area contributed by atoms with E-state index < -0.39 is 17.3 Å². The topological polar surface area (TPSA) is 147 Å². The van der Waals surface area contributed by atoms with Crippen molar-refractivity contribution in [3.63, 3.8) is 0 Å². The van der Waals surface area contributed by atoms with E-state index in [1.807, 2.05) is 0 Å². The first-order chi connectivity index (χ1) is 8.91. The summed E-state index contributed by atoms with van der Waals surface area (Å²) in [6, 6.07) is 4.24. The van der Waals surface area contributed by atoms with Gasteiger partial charge in [0.05, 0.1) is 6.54 Å². The molecule has 7 N–H and O–H groups in total. The number of rotatable bonds is 3. The number of benzene rings is 1. The van der Waals surface area contributed by atoms with E-state index in [0.29, 0.717) is 0 Å². The van der Waals surface area contributed by atoms with Gasteiger partial charge < -0.3 is 21.7 Å². The summed E-state index contributed by atoms with van der Waals surface area (Å²) in [5.41, 5.74) is 10.3. The zero-order chi connectivity index (χ0) is 14.2. The number of hydrogen-bond donors (Lipinski definition) is 5. The van der Waals surface area contributed by atoms with Gasteiger partial charge >= 0.3 is 5.97 Å². The summed E-state index contributed by atoms with van der Waals surface area (Å²) in [6.07, 6.45) is 0. The van der Waals surface area contributed by atoms with Gasteiger partial charge in [0.15, 0.2) is 0 Å². The highest BCUT2D eigenvalue weighted by Crippen LogP contribution is 2.23. The molecule has 1 heterocycles. The summed E-state index contributed by atoms with van der Waals surface area (Å²) in [4.78, 5) is 22.5. The number of nitrogens with zero attached hydrogens (tertiary/aromatic N) is 1. The monoisotopic (exact) mass is 264 g/mol. The molecule has 0 unspecified atom stereocenters. The summed E-state index contributed by atoms with van der Waals surface area (Å²) >= 11 is 0. The number of aromatic amines is 1. The minimum absolute atomic E-state index is 0.0267. The van der Waals surface area contributed by atoms with Crippen molar-refractivity contribution in [2.45, 2.75) is 6.54 Å². The Hall–Kier alpha value is -2.90. The Morgan fingerprint density at radius 1 is 1.37 bits per heavy atom. The lowest BCUT2D eigenvalue weighted by Gasteiger charge is -2.07. The largest absolute Gasteiger partial charge is 0.507 e. The third-order valence-electron chi connectivity index (χ3n) is 2.70. The van der Waals surface area contributed by atoms with Crippen LogP contribution in [0, 0.1) is 0 Å². The third kappa shape index (κ3) is 2.10. The number of nitrogen functional groups attached to an aromatic ring is 2. The molecule has 0 saturated carbocycles. The number of carbonyl (C=O) groups is 1. The van der Waals surface area contributed by atoms with Crippen LogP contribution in [-0.4, -0.2) is 26.0 Å². The van der Waals surface area contributed by atoms with Crippen LogP contribution in [0.1, 0.15) is 15.9 Å². The maximum Gasteiger partial charge on any atom is 0.339 e. The van der Waals surface area contributed by atoms with Gasteiger partial charge in [0, 0.05) is 5.56 Å². The van der Waals surface area contributed by atoms with E-state index in [1.54, 1.807) is 0 Å². The molecule has 100 valence electrons. The van der Waals surface area contributed by atoms with Gasteiger partial charge in [-0.3, -0.25) is 9.89 Å². The zero-order valence-corrected chi connectivity index (χ0v) is 9.75. The smallest absolute Gasteiger partial charge is 0.339 e. The highest BCUT2D eigenvalue weighted by molar-refractivity contribution is 5.91. The van der Waals surface area contributed by atoms with Crippen LogP contribution in [-0.2, 0) is 6.54 Å². The fraction of sp³-hybridized carbons (Fsp3) is 0.0909. The number of nitrogens with two attached hydrogens (primary N) is 2. The number of aromatic nitrogens is 2. The first-order valence-electron chi connectivity index (χ1n) is 5.29. The van der Waals surface area contributed by atoms with Crippen molar-refractivity contribution in [3.8, 4) is 5.75 Å². The van der Waals surface area contributed by atoms with Crippen LogP contribution in [0.2, 0.25) is 0 Å². The van der Waals surface area contributed by atoms with Crippen molar-refractivity contribution in [3.05, 3.63) is 39.7 Å². The maximum atomic E-state index is 11.7. The average Bonchev–Trinajstić information content (AvgIpc) is 2.59. The standard InChI is InChI=1S/C11H12N4O4/c12-7-9(13)14-15(10(7)17)4-5-2-1-3-6(8(5)16)11(18)19/h1-3,14,16H,4,12-13H2,(H,18,19). The molecule has 2 rings (SSSR count). The van der Waals surface area contributed by atoms with E-state index in [9.17, 15) is 14.7 Å². The van der Waals surface area contributed by atoms with Crippen molar-refractivity contribution in [2.24, 2.45) is 0 Å². The maximum absolute atomic E-state index is 11.7. The SMILES string of the molecule is Nc1[nH]n(Cc2cccc(C(=O)O)c2O)c(=O)c1N. The molecule has 0 spiro atoms. The van der Waals surface area contributed by atoms with Gasteiger partial charge in [0.25, 0.3) is 5.56 Å². The van der Waals surface area contributed by atoms with Gasteiger partial charge in [0.1, 0.15) is 22.8 Å². The summed E-state index contributed by atoms with van der Waals surface area (Å²) in [6.45, 7) is -0.0623. The highest BCUT2D eigenvalue weighted by Gasteiger charge is 2.15. The van der Waals surface area contributed by atoms with Gasteiger partial charge in [-0.25, -0.2) is 9.48 Å². The molecule has 0 fully saturated rings. The molecule has 8 heteroatoms. The number of hydrogen-bond acceptors (Lipinski definition) is 5. The number of anilines is 2. The lowest BCUT2D eigenvalue weighted by Crippen LogP contribution is -2.19. The van der Waals surface area contributed by atoms with Crippen molar-refractivity contribution in [1.82, 2.24) is 9.78 Å². The number of carboxylic acids is 1. The molecule has 0 amide bonds. The normalized spacial score (nSPS) is 10.5. The predicted octanol–water partition coefficient (Wildman–Crippen LogP) is -0.207. The van der Waals surface area contributed by atoms with Crippen LogP contribution in [0.25, 0.3) is 0 Å². The summed E-state index contributed by atoms with van der Waals surface area (Å²) in [5, 5.41) is 21.2. The number of carboxylic acid groups (broad SMARTS) is 1. The quantitative estimate of drug-likeness (QED) is 0.518. The Morgan fingerprint density at radius 2 is 2.05 bits per heavy atom. The predicted molar refractivity (Wildman–Crippen MR) is 68.0 cm³/mol. The Morgan fingerprint density at radius 3 is 2.58 bits per heavy atom. The van der Waals surface area contributed by atoms with E-state index in [2.05, 4.69) is 5.10 Å². The summed E-state index contributed by atoms with van der Waals surface area (Å²) < 4.78 is 1.09. The molecule has 0 aliphatic rings. The molecule has 1 aromatic heterocycles. The van der Waals surface area contributed by atoms with Crippen LogP contribution in [0.15, 0.2) is 23.0 Å². The molecule has 2 aromatic rings. The highest BCUT2D eigenvalue weighted by atomic mass is 16.4. The molecule has 0 saturated heterocycles. The minimum Gasteiger partial charge on any atom is -0.507 e. The number of aromatic hydroxyl groups is 1. The number of para-hydroxylation sites is 1. The lowest BCUT2D eigenvalue weighted by molar-refractivity contribution is 0.0693. The van der Waals surface area contributed by atoms with Gasteiger partial charge in [-0.15, -0.1) is 0 Å². The van der Waals surface area contributed by atoms with E-state index in [4.69, 9.17) is 16.6 Å². The molecule has 19 heavy (non-hydrogen) atoms. The molecule has 0 atom stereocenters. The van der Waals surface area contributed by atoms with E-state index in [1.165, 1.54) is 18.2 Å². The number of aromatic carboxylic acids is 1. The molecular formula is C11H12N4O4. The molecule has 1 aromatic carbocycles. The second-order valence-electron chi connectivity index (χ2n) is 3.95. The fourth-order valence-corrected chi connectivity index (χ4v) is 1.69. The van der Waals surface area contributed by atoms with E-state index in [0.717, 1.165) is 4.68 Å². The molecule has 8 nitrogen and oxygen atoms in total. The average molecular weight is 264 g/mol. The van der Waals surface area contributed by atoms with Crippen molar-refractivity contribution in [2.75, 3.05) is 11.5 Å². The number of nitrogens with one attached hydrogen (secondary N) is 1. The summed E-state index contributed by atoms with van der Waals surface area (Å²) in [7, 11) is 0. The van der Waals surface area contributed by atoms with E-state index >= 15 is 0 Å². The van der Waals surface area contributed by atoms with Crippen LogP contribution in [0.3, 0.4) is 0 Å². The second-order valence-corrected chi connectivity index (χ2v) is 3.95. The van der Waals surface area contributed by atoms with Crippen LogP contribution < -0.4 is 17.0 Å². The second kappa shape index (κ2) is 4.41. The lowest BCUT2D eigenvalue weighted by atomic mass is 10.1. The van der Waals surface area contributed by atoms with Gasteiger partial charge in [0.2, 0.25) is 0 Å². The van der Waals surface area contributed by atoms with Crippen molar-refractivity contribution < 1.29 is 15.0 Å². The van der Waals surface area contributed by atoms with Gasteiger partial charge in [-0.05, 0) is 6.07 Å². The van der Waals surface area contributed by atoms with Crippen molar-refractivity contribution in [1.29, 1.82) is 0 Å². The molecule has 0 aliphatic heterocycles. The summed E-state index contributed by atoms with van der Waals surface area (Å²) in [5.74, 6) is -1.62. The Kier molecular flexibility index (Phi) is 2.91. The molecule has 0 bridgehead atoms. The Bertz CT molecular complexity index is 701. The number of H-pyrrole nitrogens is 1. The fourth-order valence-electron chi connectivity index (χ4n) is 1.69. The first-order valence-corrected chi connectivity index (χ1v) is 5.29. The minimum atomic E-state index is -1.25. The first kappa shape index (κ1) is 12.6.